The van der Waals surface area contributed by atoms with E-state index in [0.717, 1.165) is 31.3 Å². The molecule has 166 valence electrons. The van der Waals surface area contributed by atoms with Gasteiger partial charge >= 0.3 is 5.97 Å². The highest BCUT2D eigenvalue weighted by Gasteiger charge is 2.34. The quantitative estimate of drug-likeness (QED) is 0.458. The normalized spacial score (nSPS) is 29.6. The molecule has 3 aliphatic rings. The van der Waals surface area contributed by atoms with E-state index in [1.165, 1.54) is 30.9 Å². The molecule has 2 N–H and O–H groups in total. The number of hydrogen-bond donors (Lipinski definition) is 2. The van der Waals surface area contributed by atoms with Crippen LogP contribution in [0.4, 0.5) is 0 Å². The largest absolute Gasteiger partial charge is 0.429 e. The molecule has 0 aromatic heterocycles. The van der Waals surface area contributed by atoms with E-state index in [2.05, 4.69) is 33.8 Å². The number of rotatable bonds is 7. The van der Waals surface area contributed by atoms with Crippen LogP contribution < -0.4 is 0 Å². The lowest BCUT2D eigenvalue weighted by molar-refractivity contribution is -0.155. The van der Waals surface area contributed by atoms with Gasteiger partial charge < -0.3 is 19.7 Å². The van der Waals surface area contributed by atoms with Gasteiger partial charge in [-0.2, -0.15) is 0 Å². The molecule has 2 heterocycles. The summed E-state index contributed by atoms with van der Waals surface area (Å²) in [7, 11) is 0. The standard InChI is InChI=1S/C25H36O5/c1-16(10-12-20-17(2)8-6-14-25(20,3)4)7-5-9-18-11-13-21(29-23(18)27)19-15-22(26)30-24(19)28/h7,11,15,21,23-24,27-28H,5-6,8-10,12-14H2,1-4H3/b16-7-/t21-,23+,24-/m1/s1. The maximum Gasteiger partial charge on any atom is 0.333 e. The molecule has 0 aromatic rings. The predicted molar refractivity (Wildman–Crippen MR) is 116 cm³/mol. The van der Waals surface area contributed by atoms with Crippen molar-refractivity contribution in [1.82, 2.24) is 0 Å². The molecule has 0 bridgehead atoms. The van der Waals surface area contributed by atoms with Crippen LogP contribution >= 0.6 is 0 Å². The number of hydrogen-bond acceptors (Lipinski definition) is 5. The fourth-order valence-corrected chi connectivity index (χ4v) is 4.91. The van der Waals surface area contributed by atoms with Gasteiger partial charge in [0.1, 0.15) is 0 Å². The van der Waals surface area contributed by atoms with Gasteiger partial charge in [0.2, 0.25) is 6.29 Å². The highest BCUT2D eigenvalue weighted by atomic mass is 16.6. The van der Waals surface area contributed by atoms with Crippen molar-refractivity contribution >= 4 is 5.97 Å². The lowest BCUT2D eigenvalue weighted by Crippen LogP contribution is -2.32. The maximum absolute atomic E-state index is 11.3. The fraction of sp³-hybridized carbons (Fsp3) is 0.640. The summed E-state index contributed by atoms with van der Waals surface area (Å²) in [6.45, 7) is 9.23. The molecule has 3 rings (SSSR count). The molecule has 0 saturated heterocycles. The number of aliphatic hydroxyl groups is 2. The summed E-state index contributed by atoms with van der Waals surface area (Å²) in [4.78, 5) is 11.3. The van der Waals surface area contributed by atoms with Crippen molar-refractivity contribution in [1.29, 1.82) is 0 Å². The van der Waals surface area contributed by atoms with Crippen LogP contribution in [-0.4, -0.2) is 34.9 Å². The van der Waals surface area contributed by atoms with Crippen LogP contribution in [-0.2, 0) is 14.3 Å². The van der Waals surface area contributed by atoms with Gasteiger partial charge in [-0.05, 0) is 76.2 Å². The average Bonchev–Trinajstić information content (AvgIpc) is 3.00. The minimum Gasteiger partial charge on any atom is -0.429 e. The van der Waals surface area contributed by atoms with Gasteiger partial charge in [0.15, 0.2) is 6.29 Å². The first kappa shape index (κ1) is 23.0. The lowest BCUT2D eigenvalue weighted by atomic mass is 9.71. The van der Waals surface area contributed by atoms with Gasteiger partial charge in [0, 0.05) is 11.6 Å². The second-order valence-corrected chi connectivity index (χ2v) is 9.51. The first-order valence-electron chi connectivity index (χ1n) is 11.1. The van der Waals surface area contributed by atoms with E-state index < -0.39 is 24.7 Å². The summed E-state index contributed by atoms with van der Waals surface area (Å²) in [6.07, 6.45) is 10.8. The third kappa shape index (κ3) is 5.51. The van der Waals surface area contributed by atoms with E-state index in [1.54, 1.807) is 11.1 Å². The van der Waals surface area contributed by atoms with E-state index >= 15 is 0 Å². The Morgan fingerprint density at radius 3 is 2.67 bits per heavy atom. The summed E-state index contributed by atoms with van der Waals surface area (Å²) in [5.74, 6) is -0.575. The Kier molecular flexibility index (Phi) is 7.38. The first-order valence-corrected chi connectivity index (χ1v) is 11.1. The molecular formula is C25H36O5. The zero-order valence-electron chi connectivity index (χ0n) is 18.7. The van der Waals surface area contributed by atoms with Crippen LogP contribution in [0.2, 0.25) is 0 Å². The van der Waals surface area contributed by atoms with Gasteiger partial charge in [0.05, 0.1) is 6.10 Å². The fourth-order valence-electron chi connectivity index (χ4n) is 4.91. The van der Waals surface area contributed by atoms with Crippen molar-refractivity contribution in [2.45, 2.75) is 97.7 Å². The minimum absolute atomic E-state index is 0.325. The number of carbonyl (C=O) groups is 1. The minimum atomic E-state index is -1.27. The van der Waals surface area contributed by atoms with Gasteiger partial charge in [-0.3, -0.25) is 0 Å². The third-order valence-corrected chi connectivity index (χ3v) is 6.75. The van der Waals surface area contributed by atoms with Crippen LogP contribution in [0.1, 0.15) is 79.1 Å². The van der Waals surface area contributed by atoms with E-state index in [1.807, 2.05) is 6.08 Å². The van der Waals surface area contributed by atoms with Crippen molar-refractivity contribution in [3.05, 3.63) is 46.1 Å². The van der Waals surface area contributed by atoms with Gasteiger partial charge in [0.25, 0.3) is 0 Å². The molecule has 5 nitrogen and oxygen atoms in total. The second kappa shape index (κ2) is 9.63. The highest BCUT2D eigenvalue weighted by molar-refractivity contribution is 5.85. The van der Waals surface area contributed by atoms with Gasteiger partial charge in [-0.1, -0.05) is 42.7 Å². The van der Waals surface area contributed by atoms with Crippen LogP contribution in [0.15, 0.2) is 46.1 Å². The van der Waals surface area contributed by atoms with Crippen molar-refractivity contribution in [2.24, 2.45) is 5.41 Å². The van der Waals surface area contributed by atoms with E-state index in [0.29, 0.717) is 17.4 Å². The summed E-state index contributed by atoms with van der Waals surface area (Å²) >= 11 is 0. The van der Waals surface area contributed by atoms with Crippen LogP contribution in [0.5, 0.6) is 0 Å². The number of aliphatic hydroxyl groups excluding tert-OH is 2. The topological polar surface area (TPSA) is 76.0 Å². The molecule has 0 amide bonds. The van der Waals surface area contributed by atoms with Gasteiger partial charge in [-0.15, -0.1) is 0 Å². The Morgan fingerprint density at radius 2 is 2.03 bits per heavy atom. The Hall–Kier alpha value is -1.69. The lowest BCUT2D eigenvalue weighted by Gasteiger charge is -2.35. The molecule has 2 aliphatic heterocycles. The summed E-state index contributed by atoms with van der Waals surface area (Å²) in [5, 5.41) is 20.1. The molecule has 3 atom stereocenters. The van der Waals surface area contributed by atoms with Crippen LogP contribution in [0.25, 0.3) is 0 Å². The number of ether oxygens (including phenoxy) is 2. The Balaban J connectivity index is 1.49. The summed E-state index contributed by atoms with van der Waals surface area (Å²) in [6, 6.07) is 0. The smallest absolute Gasteiger partial charge is 0.333 e. The number of allylic oxidation sites excluding steroid dienone is 4. The predicted octanol–water partition coefficient (Wildman–Crippen LogP) is 4.86. The van der Waals surface area contributed by atoms with E-state index in [4.69, 9.17) is 9.47 Å². The first-order chi connectivity index (χ1) is 14.2. The molecule has 0 fully saturated rings. The zero-order chi connectivity index (χ0) is 21.9. The van der Waals surface area contributed by atoms with Crippen molar-refractivity contribution in [3.8, 4) is 0 Å². The summed E-state index contributed by atoms with van der Waals surface area (Å²) < 4.78 is 10.3. The van der Waals surface area contributed by atoms with Crippen LogP contribution in [0.3, 0.4) is 0 Å². The highest BCUT2D eigenvalue weighted by Crippen LogP contribution is 2.42. The van der Waals surface area contributed by atoms with E-state index in [-0.39, 0.29) is 0 Å². The molecule has 0 radical (unpaired) electrons. The number of carbonyl (C=O) groups excluding carboxylic acids is 1. The molecule has 0 saturated carbocycles. The SMILES string of the molecule is CC1=C(CC/C(C)=C\CCC2=CC[C@H](C3=CC(=O)O[C@H]3O)O[C@@H]2O)C(C)(C)CCC1. The van der Waals surface area contributed by atoms with Crippen molar-refractivity contribution in [3.63, 3.8) is 0 Å². The molecule has 5 heteroatoms. The average molecular weight is 417 g/mol. The monoisotopic (exact) mass is 416 g/mol. The molecule has 1 aliphatic carbocycles. The van der Waals surface area contributed by atoms with Crippen LogP contribution in [0, 0.1) is 5.41 Å². The Labute approximate surface area is 180 Å². The third-order valence-electron chi connectivity index (χ3n) is 6.75. The zero-order valence-corrected chi connectivity index (χ0v) is 18.7. The Bertz CT molecular complexity index is 783. The van der Waals surface area contributed by atoms with Crippen molar-refractivity contribution < 1.29 is 24.5 Å². The number of cyclic esters (lactones) is 1. The molecule has 0 aromatic carbocycles. The van der Waals surface area contributed by atoms with Crippen molar-refractivity contribution in [2.75, 3.05) is 0 Å². The second-order valence-electron chi connectivity index (χ2n) is 9.51. The van der Waals surface area contributed by atoms with Gasteiger partial charge in [-0.25, -0.2) is 4.79 Å². The summed E-state index contributed by atoms with van der Waals surface area (Å²) in [5.41, 5.74) is 6.15. The molecule has 0 unspecified atom stereocenters. The molecule has 30 heavy (non-hydrogen) atoms. The van der Waals surface area contributed by atoms with E-state index in [9.17, 15) is 15.0 Å². The number of esters is 1. The molecule has 0 spiro atoms. The molecular weight excluding hydrogens is 380 g/mol. The Morgan fingerprint density at radius 1 is 1.27 bits per heavy atom. The maximum atomic E-state index is 11.3.